The molecular weight excluding hydrogens is 112 g/mol. The Morgan fingerprint density at radius 1 is 1.67 bits per heavy atom. The maximum Gasteiger partial charge on any atom is 0.0641 e. The van der Waals surface area contributed by atoms with Crippen LogP contribution in [0.5, 0.6) is 0 Å². The van der Waals surface area contributed by atoms with Crippen molar-refractivity contribution in [1.82, 2.24) is 5.32 Å². The van der Waals surface area contributed by atoms with E-state index in [1.165, 1.54) is 0 Å². The van der Waals surface area contributed by atoms with E-state index in [1.807, 2.05) is 13.8 Å². The minimum Gasteiger partial charge on any atom is -0.307 e. The summed E-state index contributed by atoms with van der Waals surface area (Å²) in [5.74, 6) is 0. The molecule has 0 aromatic rings. The monoisotopic (exact) mass is 126 g/mol. The molecule has 1 N–H and O–H groups in total. The topological polar surface area (TPSA) is 45.7 Å². The van der Waals surface area contributed by atoms with Gasteiger partial charge in [0.1, 0.15) is 0 Å². The summed E-state index contributed by atoms with van der Waals surface area (Å²) in [6.07, 6.45) is 0.646. The summed E-state index contributed by atoms with van der Waals surface area (Å²) in [6, 6.07) is 2.11. The van der Waals surface area contributed by atoms with E-state index in [2.05, 4.69) is 18.3 Å². The van der Waals surface area contributed by atoms with Crippen molar-refractivity contribution in [2.45, 2.75) is 32.7 Å². The lowest BCUT2D eigenvalue weighted by molar-refractivity contribution is 0.717. The summed E-state index contributed by atoms with van der Waals surface area (Å²) in [4.78, 5) is 0. The molecule has 0 saturated carbocycles. The zero-order valence-corrected chi connectivity index (χ0v) is 6.36. The smallest absolute Gasteiger partial charge is 0.0641 e. The van der Waals surface area contributed by atoms with Crippen LogP contribution in [-0.2, 0) is 0 Å². The third kappa shape index (κ3) is 3.10. The first-order valence-corrected chi connectivity index (χ1v) is 3.39. The van der Waals surface area contributed by atoms with E-state index in [9.17, 15) is 0 Å². The highest BCUT2D eigenvalue weighted by atomic mass is 15.1. The molecule has 0 radical (unpaired) electrons. The molecule has 0 aromatic heterocycles. The molecule has 0 amide bonds. The average molecular weight is 126 g/mol. The number of nitrogens with one attached hydrogen (secondary N) is 1. The third-order valence-electron chi connectivity index (χ3n) is 1.25. The van der Waals surface area contributed by atoms with Gasteiger partial charge in [-0.25, -0.2) is 0 Å². The van der Waals surface area contributed by atoms with Crippen molar-refractivity contribution in [2.75, 3.05) is 6.54 Å². The molecule has 0 aliphatic carbocycles. The number of hydrogen-bond donors (Lipinski definition) is 1. The average Bonchev–Trinajstić information content (AvgIpc) is 2.55. The van der Waals surface area contributed by atoms with E-state index in [0.29, 0.717) is 6.42 Å². The summed E-state index contributed by atoms with van der Waals surface area (Å²) in [5.41, 5.74) is 0.189. The molecule has 1 rings (SSSR count). The van der Waals surface area contributed by atoms with Crippen LogP contribution < -0.4 is 5.32 Å². The van der Waals surface area contributed by atoms with E-state index in [4.69, 9.17) is 5.26 Å². The maximum atomic E-state index is 8.15. The van der Waals surface area contributed by atoms with E-state index in [1.54, 1.807) is 0 Å². The molecule has 1 aliphatic heterocycles. The van der Waals surface area contributed by atoms with E-state index in [-0.39, 0.29) is 5.54 Å². The Morgan fingerprint density at radius 2 is 2.11 bits per heavy atom. The van der Waals surface area contributed by atoms with E-state index >= 15 is 0 Å². The molecule has 1 atom stereocenters. The first-order chi connectivity index (χ1) is 4.27. The Kier molecular flexibility index (Phi) is 3.26. The van der Waals surface area contributed by atoms with Gasteiger partial charge in [-0.3, -0.25) is 0 Å². The lowest BCUT2D eigenvalue weighted by Crippen LogP contribution is -2.06. The zero-order chi connectivity index (χ0) is 7.33. The summed E-state index contributed by atoms with van der Waals surface area (Å²) in [7, 11) is 0. The minimum atomic E-state index is 0.189. The van der Waals surface area contributed by atoms with Gasteiger partial charge in [-0.15, -0.1) is 0 Å². The molecule has 0 bridgehead atoms. The van der Waals surface area contributed by atoms with Gasteiger partial charge in [0.05, 0.1) is 12.5 Å². The van der Waals surface area contributed by atoms with Crippen LogP contribution >= 0.6 is 0 Å². The van der Waals surface area contributed by atoms with Gasteiger partial charge in [-0.05, 0) is 6.92 Å². The quantitative estimate of drug-likeness (QED) is 0.538. The van der Waals surface area contributed by atoms with Gasteiger partial charge in [0.15, 0.2) is 0 Å². The van der Waals surface area contributed by atoms with Crippen molar-refractivity contribution in [3.8, 4) is 6.07 Å². The molecule has 1 heterocycles. The molecular formula is C7H14N2. The highest BCUT2D eigenvalue weighted by Gasteiger charge is 2.35. The lowest BCUT2D eigenvalue weighted by Gasteiger charge is -1.92. The minimum absolute atomic E-state index is 0.189. The second kappa shape index (κ2) is 3.47. The van der Waals surface area contributed by atoms with Crippen molar-refractivity contribution in [3.63, 3.8) is 0 Å². The van der Waals surface area contributed by atoms with Gasteiger partial charge in [0.25, 0.3) is 0 Å². The van der Waals surface area contributed by atoms with Crippen LogP contribution in [-0.4, -0.2) is 12.1 Å². The lowest BCUT2D eigenvalue weighted by atomic mass is 10.1. The fourth-order valence-electron chi connectivity index (χ4n) is 0.450. The predicted octanol–water partition coefficient (Wildman–Crippen LogP) is 1.29. The van der Waals surface area contributed by atoms with E-state index in [0.717, 1.165) is 6.54 Å². The molecule has 1 saturated heterocycles. The van der Waals surface area contributed by atoms with Crippen molar-refractivity contribution in [2.24, 2.45) is 0 Å². The summed E-state index contributed by atoms with van der Waals surface area (Å²) in [6.45, 7) is 7.07. The van der Waals surface area contributed by atoms with Crippen LogP contribution in [0.15, 0.2) is 0 Å². The normalized spacial score (nSPS) is 29.6. The van der Waals surface area contributed by atoms with E-state index < -0.39 is 0 Å². The standard InChI is InChI=1S/C5H8N2.C2H6/c1-5(2-3-6)4-7-5;1-2/h7H,2,4H2,1H3;1-2H3. The SMILES string of the molecule is CC.CC1(CC#N)CN1. The van der Waals surface area contributed by atoms with Crippen LogP contribution in [0.25, 0.3) is 0 Å². The highest BCUT2D eigenvalue weighted by molar-refractivity contribution is 5.04. The second-order valence-electron chi connectivity index (χ2n) is 2.25. The molecule has 52 valence electrons. The van der Waals surface area contributed by atoms with Gasteiger partial charge in [0.2, 0.25) is 0 Å². The van der Waals surface area contributed by atoms with Crippen LogP contribution in [0.1, 0.15) is 27.2 Å². The fourth-order valence-corrected chi connectivity index (χ4v) is 0.450. The third-order valence-corrected chi connectivity index (χ3v) is 1.25. The fraction of sp³-hybridized carbons (Fsp3) is 0.857. The Morgan fingerprint density at radius 3 is 2.22 bits per heavy atom. The van der Waals surface area contributed by atoms with Crippen molar-refractivity contribution < 1.29 is 0 Å². The van der Waals surface area contributed by atoms with Crippen LogP contribution in [0, 0.1) is 11.3 Å². The van der Waals surface area contributed by atoms with Crippen molar-refractivity contribution >= 4 is 0 Å². The molecule has 0 spiro atoms. The zero-order valence-electron chi connectivity index (χ0n) is 6.36. The first-order valence-electron chi connectivity index (χ1n) is 3.39. The molecule has 1 aliphatic rings. The summed E-state index contributed by atoms with van der Waals surface area (Å²) in [5, 5.41) is 11.2. The van der Waals surface area contributed by atoms with Gasteiger partial charge < -0.3 is 5.32 Å². The predicted molar refractivity (Wildman–Crippen MR) is 38.0 cm³/mol. The van der Waals surface area contributed by atoms with Gasteiger partial charge in [-0.2, -0.15) is 5.26 Å². The molecule has 2 nitrogen and oxygen atoms in total. The van der Waals surface area contributed by atoms with Crippen LogP contribution in [0.3, 0.4) is 0 Å². The largest absolute Gasteiger partial charge is 0.307 e. The Hall–Kier alpha value is -0.550. The molecule has 1 fully saturated rings. The van der Waals surface area contributed by atoms with Gasteiger partial charge in [0, 0.05) is 12.1 Å². The molecule has 0 aromatic carbocycles. The van der Waals surface area contributed by atoms with Crippen molar-refractivity contribution in [3.05, 3.63) is 0 Å². The molecule has 9 heavy (non-hydrogen) atoms. The maximum absolute atomic E-state index is 8.15. The number of hydrogen-bond acceptors (Lipinski definition) is 2. The van der Waals surface area contributed by atoms with Crippen molar-refractivity contribution in [1.29, 1.82) is 5.26 Å². The summed E-state index contributed by atoms with van der Waals surface area (Å²) >= 11 is 0. The number of rotatable bonds is 1. The molecule has 1 unspecified atom stereocenters. The Balaban J connectivity index is 0.000000291. The van der Waals surface area contributed by atoms with Gasteiger partial charge >= 0.3 is 0 Å². The molecule has 2 heteroatoms. The second-order valence-corrected chi connectivity index (χ2v) is 2.25. The van der Waals surface area contributed by atoms with Crippen LogP contribution in [0.2, 0.25) is 0 Å². The number of nitrogens with zero attached hydrogens (tertiary/aromatic N) is 1. The Labute approximate surface area is 56.9 Å². The Bertz CT molecular complexity index is 109. The number of nitriles is 1. The summed E-state index contributed by atoms with van der Waals surface area (Å²) < 4.78 is 0. The van der Waals surface area contributed by atoms with Gasteiger partial charge in [-0.1, -0.05) is 13.8 Å². The van der Waals surface area contributed by atoms with Crippen LogP contribution in [0.4, 0.5) is 0 Å². The first kappa shape index (κ1) is 8.45. The highest BCUT2D eigenvalue weighted by Crippen LogP contribution is 2.18.